The fourth-order valence-electron chi connectivity index (χ4n) is 0.683. The minimum atomic E-state index is -3.10. The van der Waals surface area contributed by atoms with E-state index in [0.717, 1.165) is 6.26 Å². The topological polar surface area (TPSA) is 101 Å². The van der Waals surface area contributed by atoms with Crippen LogP contribution in [-0.4, -0.2) is 40.2 Å². The second-order valence-electron chi connectivity index (χ2n) is 2.66. The predicted molar refractivity (Wildman–Crippen MR) is 49.5 cm³/mol. The molecule has 6 nitrogen and oxygen atoms in total. The van der Waals surface area contributed by atoms with E-state index in [1.165, 1.54) is 0 Å². The Hall–Kier alpha value is -0.660. The Morgan fingerprint density at radius 2 is 2.00 bits per heavy atom. The molecule has 0 saturated heterocycles. The van der Waals surface area contributed by atoms with Crippen molar-refractivity contribution in [2.45, 2.75) is 6.42 Å². The van der Waals surface area contributed by atoms with Crippen LogP contribution < -0.4 is 15.8 Å². The summed E-state index contributed by atoms with van der Waals surface area (Å²) in [4.78, 5) is 10.2. The van der Waals surface area contributed by atoms with Gasteiger partial charge in [-0.3, -0.25) is 4.79 Å². The zero-order valence-corrected chi connectivity index (χ0v) is 8.36. The first kappa shape index (κ1) is 12.3. The van der Waals surface area contributed by atoms with Crippen LogP contribution in [0.1, 0.15) is 6.42 Å². The highest BCUT2D eigenvalue weighted by molar-refractivity contribution is 7.88. The first-order valence-corrected chi connectivity index (χ1v) is 5.74. The van der Waals surface area contributed by atoms with Gasteiger partial charge in [-0.15, -0.1) is 0 Å². The molecule has 13 heavy (non-hydrogen) atoms. The van der Waals surface area contributed by atoms with Gasteiger partial charge in [0, 0.05) is 6.54 Å². The first-order valence-electron chi connectivity index (χ1n) is 3.85. The normalized spacial score (nSPS) is 11.5. The maximum Gasteiger partial charge on any atom is 0.231 e. The van der Waals surface area contributed by atoms with E-state index < -0.39 is 15.9 Å². The van der Waals surface area contributed by atoms with Gasteiger partial charge in [-0.05, 0) is 13.0 Å². The zero-order chi connectivity index (χ0) is 10.3. The van der Waals surface area contributed by atoms with Crippen LogP contribution in [-0.2, 0) is 14.8 Å². The van der Waals surface area contributed by atoms with Crippen molar-refractivity contribution in [1.29, 1.82) is 0 Å². The zero-order valence-electron chi connectivity index (χ0n) is 7.54. The molecule has 0 aromatic rings. The fraction of sp³-hybridized carbons (Fsp3) is 0.833. The summed E-state index contributed by atoms with van der Waals surface area (Å²) in [5, 5.41) is 2.76. The number of amides is 1. The highest BCUT2D eigenvalue weighted by atomic mass is 32.2. The van der Waals surface area contributed by atoms with Gasteiger partial charge in [-0.25, -0.2) is 13.1 Å². The molecule has 0 aliphatic carbocycles. The highest BCUT2D eigenvalue weighted by Gasteiger charge is 1.98. The molecule has 0 atom stereocenters. The Bertz CT molecular complexity index is 250. The number of hydrogen-bond donors (Lipinski definition) is 3. The minimum absolute atomic E-state index is 0.124. The van der Waals surface area contributed by atoms with Gasteiger partial charge in [0.15, 0.2) is 0 Å². The predicted octanol–water partition coefficient (Wildman–Crippen LogP) is -2.00. The molecule has 0 aliphatic rings. The van der Waals surface area contributed by atoms with Crippen LogP contribution in [0.2, 0.25) is 0 Å². The van der Waals surface area contributed by atoms with Crippen LogP contribution in [0.4, 0.5) is 0 Å². The third-order valence-corrected chi connectivity index (χ3v) is 1.92. The van der Waals surface area contributed by atoms with Gasteiger partial charge < -0.3 is 11.1 Å². The Morgan fingerprint density at radius 1 is 1.38 bits per heavy atom. The van der Waals surface area contributed by atoms with Gasteiger partial charge in [0.25, 0.3) is 0 Å². The highest BCUT2D eigenvalue weighted by Crippen LogP contribution is 1.77. The second-order valence-corrected chi connectivity index (χ2v) is 4.50. The Morgan fingerprint density at radius 3 is 2.46 bits per heavy atom. The van der Waals surface area contributed by atoms with E-state index in [2.05, 4.69) is 10.0 Å². The molecule has 0 aromatic heterocycles. The molecule has 7 heteroatoms. The van der Waals surface area contributed by atoms with Crippen LogP contribution >= 0.6 is 0 Å². The Kier molecular flexibility index (Phi) is 5.60. The van der Waals surface area contributed by atoms with E-state index in [1.807, 2.05) is 0 Å². The number of carbonyl (C=O) groups excluding carboxylic acids is 1. The van der Waals surface area contributed by atoms with Crippen LogP contribution in [0.15, 0.2) is 0 Å². The summed E-state index contributed by atoms with van der Waals surface area (Å²) in [7, 11) is -3.10. The lowest BCUT2D eigenvalue weighted by Crippen LogP contribution is -2.31. The number of nitrogens with two attached hydrogens (primary N) is 1. The Labute approximate surface area is 77.9 Å². The van der Waals surface area contributed by atoms with Crippen LogP contribution in [0, 0.1) is 0 Å². The van der Waals surface area contributed by atoms with Gasteiger partial charge in [0.2, 0.25) is 15.9 Å². The van der Waals surface area contributed by atoms with Gasteiger partial charge in [-0.1, -0.05) is 0 Å². The molecule has 0 heterocycles. The SMILES string of the molecule is CS(=O)(=O)NCCCNCC(N)=O. The molecule has 0 aromatic carbocycles. The lowest BCUT2D eigenvalue weighted by molar-refractivity contribution is -0.117. The van der Waals surface area contributed by atoms with Crippen LogP contribution in [0.3, 0.4) is 0 Å². The average molecular weight is 209 g/mol. The summed E-state index contributed by atoms with van der Waals surface area (Å²) in [6, 6.07) is 0. The number of hydrogen-bond acceptors (Lipinski definition) is 4. The van der Waals surface area contributed by atoms with Crippen molar-refractivity contribution in [3.05, 3.63) is 0 Å². The minimum Gasteiger partial charge on any atom is -0.369 e. The summed E-state index contributed by atoms with van der Waals surface area (Å²) < 4.78 is 23.5. The Balaban J connectivity index is 3.23. The van der Waals surface area contributed by atoms with E-state index >= 15 is 0 Å². The third kappa shape index (κ3) is 11.3. The number of rotatable bonds is 7. The van der Waals surface area contributed by atoms with E-state index in [0.29, 0.717) is 19.5 Å². The summed E-state index contributed by atoms with van der Waals surface area (Å²) >= 11 is 0. The van der Waals surface area contributed by atoms with Crippen molar-refractivity contribution >= 4 is 15.9 Å². The quantitative estimate of drug-likeness (QED) is 0.422. The smallest absolute Gasteiger partial charge is 0.231 e. The largest absolute Gasteiger partial charge is 0.369 e. The van der Waals surface area contributed by atoms with E-state index in [9.17, 15) is 13.2 Å². The van der Waals surface area contributed by atoms with Crippen molar-refractivity contribution < 1.29 is 13.2 Å². The van der Waals surface area contributed by atoms with Gasteiger partial charge in [0.1, 0.15) is 0 Å². The standard InChI is InChI=1S/C6H15N3O3S/c1-13(11,12)9-4-2-3-8-5-6(7)10/h8-9H,2-5H2,1H3,(H2,7,10). The second kappa shape index (κ2) is 5.90. The monoisotopic (exact) mass is 209 g/mol. The summed E-state index contributed by atoms with van der Waals surface area (Å²) in [6.07, 6.45) is 1.73. The summed E-state index contributed by atoms with van der Waals surface area (Å²) in [6.45, 7) is 1.05. The maximum absolute atomic E-state index is 10.6. The lowest BCUT2D eigenvalue weighted by atomic mass is 10.4. The van der Waals surface area contributed by atoms with E-state index in [1.54, 1.807) is 0 Å². The van der Waals surface area contributed by atoms with E-state index in [-0.39, 0.29) is 6.54 Å². The van der Waals surface area contributed by atoms with Crippen molar-refractivity contribution in [2.24, 2.45) is 5.73 Å². The summed E-state index contributed by atoms with van der Waals surface area (Å²) in [5.41, 5.74) is 4.86. The van der Waals surface area contributed by atoms with Gasteiger partial charge >= 0.3 is 0 Å². The van der Waals surface area contributed by atoms with Crippen LogP contribution in [0.25, 0.3) is 0 Å². The average Bonchev–Trinajstić information content (AvgIpc) is 1.93. The molecule has 0 spiro atoms. The third-order valence-electron chi connectivity index (χ3n) is 1.19. The molecular weight excluding hydrogens is 194 g/mol. The molecule has 4 N–H and O–H groups in total. The lowest BCUT2D eigenvalue weighted by Gasteiger charge is -2.02. The van der Waals surface area contributed by atoms with E-state index in [4.69, 9.17) is 5.73 Å². The molecule has 0 saturated carbocycles. The molecule has 1 amide bonds. The molecule has 0 rings (SSSR count). The molecule has 0 fully saturated rings. The number of carbonyl (C=O) groups is 1. The van der Waals surface area contributed by atoms with Crippen molar-refractivity contribution in [1.82, 2.24) is 10.0 Å². The molecule has 0 bridgehead atoms. The van der Waals surface area contributed by atoms with Gasteiger partial charge in [0.05, 0.1) is 12.8 Å². The molecule has 78 valence electrons. The van der Waals surface area contributed by atoms with Crippen molar-refractivity contribution in [2.75, 3.05) is 25.9 Å². The maximum atomic E-state index is 10.6. The number of primary amides is 1. The molecule has 0 unspecified atom stereocenters. The molecule has 0 aliphatic heterocycles. The summed E-state index contributed by atoms with van der Waals surface area (Å²) in [5.74, 6) is -0.420. The molecule has 0 radical (unpaired) electrons. The van der Waals surface area contributed by atoms with Crippen LogP contribution in [0.5, 0.6) is 0 Å². The van der Waals surface area contributed by atoms with Gasteiger partial charge in [-0.2, -0.15) is 0 Å². The number of sulfonamides is 1. The first-order chi connectivity index (χ1) is 5.92. The number of nitrogens with one attached hydrogen (secondary N) is 2. The van der Waals surface area contributed by atoms with Crippen molar-refractivity contribution in [3.63, 3.8) is 0 Å². The molecular formula is C6H15N3O3S. The fourth-order valence-corrected chi connectivity index (χ4v) is 1.20. The van der Waals surface area contributed by atoms with Crippen molar-refractivity contribution in [3.8, 4) is 0 Å².